The third-order valence-corrected chi connectivity index (χ3v) is 4.14. The van der Waals surface area contributed by atoms with Gasteiger partial charge in [-0.25, -0.2) is 0 Å². The van der Waals surface area contributed by atoms with Gasteiger partial charge in [-0.05, 0) is 25.8 Å². The number of amides is 1. The first-order valence-electron chi connectivity index (χ1n) is 5.65. The first-order valence-corrected chi connectivity index (χ1v) is 6.47. The summed E-state index contributed by atoms with van der Waals surface area (Å²) in [5, 5.41) is 20.3. The minimum absolute atomic E-state index is 0.0256. The van der Waals surface area contributed by atoms with Gasteiger partial charge in [-0.15, -0.1) is 0 Å². The minimum atomic E-state index is -0.710. The quantitative estimate of drug-likeness (QED) is 0.654. The van der Waals surface area contributed by atoms with Crippen molar-refractivity contribution >= 4 is 22.2 Å². The van der Waals surface area contributed by atoms with Crippen LogP contribution in [0.5, 0.6) is 0 Å². The summed E-state index contributed by atoms with van der Waals surface area (Å²) in [6.45, 7) is 2.72. The van der Waals surface area contributed by atoms with E-state index in [0.29, 0.717) is 30.8 Å². The third-order valence-electron chi connectivity index (χ3n) is 3.11. The molecule has 1 fully saturated rings. The summed E-state index contributed by atoms with van der Waals surface area (Å²) in [7, 11) is 0. The van der Waals surface area contributed by atoms with Gasteiger partial charge in [0.05, 0.1) is 15.4 Å². The van der Waals surface area contributed by atoms with E-state index in [-0.39, 0.29) is 10.9 Å². The first-order chi connectivity index (χ1) is 8.39. The molecule has 98 valence electrons. The maximum Gasteiger partial charge on any atom is 0.324 e. The Bertz CT molecular complexity index is 473. The average molecular weight is 270 g/mol. The van der Waals surface area contributed by atoms with E-state index >= 15 is 0 Å². The van der Waals surface area contributed by atoms with Crippen LogP contribution in [0.15, 0.2) is 12.1 Å². The van der Waals surface area contributed by atoms with E-state index in [1.54, 1.807) is 11.8 Å². The lowest BCUT2D eigenvalue weighted by Crippen LogP contribution is -2.44. The van der Waals surface area contributed by atoms with Crippen molar-refractivity contribution in [3.8, 4) is 0 Å². The molecule has 0 unspecified atom stereocenters. The van der Waals surface area contributed by atoms with E-state index in [1.165, 1.54) is 12.1 Å². The second-order valence-electron chi connectivity index (χ2n) is 4.68. The molecule has 18 heavy (non-hydrogen) atoms. The van der Waals surface area contributed by atoms with Crippen molar-refractivity contribution < 1.29 is 14.8 Å². The fourth-order valence-corrected chi connectivity index (χ4v) is 2.68. The number of carbonyl (C=O) groups excluding carboxylic acids is 1. The van der Waals surface area contributed by atoms with Gasteiger partial charge in [-0.2, -0.15) is 0 Å². The van der Waals surface area contributed by atoms with Gasteiger partial charge in [0.15, 0.2) is 0 Å². The van der Waals surface area contributed by atoms with Gasteiger partial charge in [0.2, 0.25) is 0 Å². The zero-order chi connectivity index (χ0) is 13.3. The Morgan fingerprint density at radius 2 is 2.11 bits per heavy atom. The molecule has 0 aromatic carbocycles. The van der Waals surface area contributed by atoms with Gasteiger partial charge in [0.25, 0.3) is 5.91 Å². The molecule has 0 saturated carbocycles. The zero-order valence-corrected chi connectivity index (χ0v) is 10.8. The predicted molar refractivity (Wildman–Crippen MR) is 66.7 cm³/mol. The van der Waals surface area contributed by atoms with Crippen LogP contribution in [0.25, 0.3) is 0 Å². The van der Waals surface area contributed by atoms with Crippen molar-refractivity contribution in [2.24, 2.45) is 0 Å². The summed E-state index contributed by atoms with van der Waals surface area (Å²) in [5.41, 5.74) is -0.710. The monoisotopic (exact) mass is 270 g/mol. The van der Waals surface area contributed by atoms with Crippen molar-refractivity contribution in [1.29, 1.82) is 0 Å². The van der Waals surface area contributed by atoms with Crippen molar-refractivity contribution in [1.82, 2.24) is 4.90 Å². The maximum atomic E-state index is 12.1. The Morgan fingerprint density at radius 1 is 1.50 bits per heavy atom. The minimum Gasteiger partial charge on any atom is -0.390 e. The van der Waals surface area contributed by atoms with Crippen LogP contribution in [-0.4, -0.2) is 39.5 Å². The number of hydrogen-bond acceptors (Lipinski definition) is 5. The number of thiophene rings is 1. The van der Waals surface area contributed by atoms with Gasteiger partial charge in [-0.3, -0.25) is 14.9 Å². The summed E-state index contributed by atoms with van der Waals surface area (Å²) in [4.78, 5) is 24.1. The maximum absolute atomic E-state index is 12.1. The van der Waals surface area contributed by atoms with Crippen LogP contribution < -0.4 is 0 Å². The summed E-state index contributed by atoms with van der Waals surface area (Å²) >= 11 is 0.890. The van der Waals surface area contributed by atoms with E-state index in [9.17, 15) is 20.0 Å². The smallest absolute Gasteiger partial charge is 0.324 e. The summed E-state index contributed by atoms with van der Waals surface area (Å²) in [6.07, 6.45) is 1.07. The Morgan fingerprint density at radius 3 is 2.61 bits per heavy atom. The molecule has 1 aromatic heterocycles. The fourth-order valence-electron chi connectivity index (χ4n) is 1.89. The van der Waals surface area contributed by atoms with Crippen molar-refractivity contribution in [3.05, 3.63) is 27.1 Å². The molecule has 1 aliphatic rings. The molecule has 1 saturated heterocycles. The molecule has 1 aliphatic heterocycles. The Labute approximate surface area is 108 Å². The standard InChI is InChI=1S/C11H14N2O4S/c1-11(15)4-6-12(7-5-11)10(14)8-2-3-9(18-8)13(16)17/h2-3,15H,4-7H2,1H3. The molecule has 1 aromatic rings. The lowest BCUT2D eigenvalue weighted by Gasteiger charge is -2.35. The number of nitrogens with zero attached hydrogens (tertiary/aromatic N) is 2. The summed E-state index contributed by atoms with van der Waals surface area (Å²) in [6, 6.07) is 2.83. The number of likely N-dealkylation sites (tertiary alicyclic amines) is 1. The lowest BCUT2D eigenvalue weighted by atomic mass is 9.94. The molecule has 2 heterocycles. The van der Waals surface area contributed by atoms with Gasteiger partial charge in [0.1, 0.15) is 0 Å². The predicted octanol–water partition coefficient (Wildman–Crippen LogP) is 1.64. The Kier molecular flexibility index (Phi) is 3.36. The SMILES string of the molecule is CC1(O)CCN(C(=O)c2ccc([N+](=O)[O-])s2)CC1. The molecule has 0 radical (unpaired) electrons. The molecule has 1 N–H and O–H groups in total. The van der Waals surface area contributed by atoms with Crippen LogP contribution in [0.2, 0.25) is 0 Å². The van der Waals surface area contributed by atoms with Gasteiger partial charge in [-0.1, -0.05) is 11.3 Å². The summed E-state index contributed by atoms with van der Waals surface area (Å²) in [5.74, 6) is -0.191. The fraction of sp³-hybridized carbons (Fsp3) is 0.545. The molecule has 6 nitrogen and oxygen atoms in total. The number of piperidine rings is 1. The van der Waals surface area contributed by atoms with Crippen LogP contribution in [0, 0.1) is 10.1 Å². The molecule has 2 rings (SSSR count). The summed E-state index contributed by atoms with van der Waals surface area (Å²) < 4.78 is 0. The number of aliphatic hydroxyl groups is 1. The largest absolute Gasteiger partial charge is 0.390 e. The molecular weight excluding hydrogens is 256 g/mol. The van der Waals surface area contributed by atoms with Crippen molar-refractivity contribution in [3.63, 3.8) is 0 Å². The van der Waals surface area contributed by atoms with Crippen molar-refractivity contribution in [2.45, 2.75) is 25.4 Å². The van der Waals surface area contributed by atoms with Crippen LogP contribution in [0.4, 0.5) is 5.00 Å². The van der Waals surface area contributed by atoms with Crippen molar-refractivity contribution in [2.75, 3.05) is 13.1 Å². The lowest BCUT2D eigenvalue weighted by molar-refractivity contribution is -0.380. The Hall–Kier alpha value is -1.47. The number of hydrogen-bond donors (Lipinski definition) is 1. The first kappa shape index (κ1) is 13.0. The van der Waals surface area contributed by atoms with Gasteiger partial charge in [0, 0.05) is 19.2 Å². The van der Waals surface area contributed by atoms with Crippen LogP contribution in [0.1, 0.15) is 29.4 Å². The molecule has 0 atom stereocenters. The van der Waals surface area contributed by atoms with E-state index in [4.69, 9.17) is 0 Å². The van der Waals surface area contributed by atoms with E-state index in [0.717, 1.165) is 11.3 Å². The van der Waals surface area contributed by atoms with Gasteiger partial charge >= 0.3 is 5.00 Å². The number of rotatable bonds is 2. The highest BCUT2D eigenvalue weighted by Crippen LogP contribution is 2.27. The second kappa shape index (κ2) is 4.66. The molecule has 0 bridgehead atoms. The molecule has 7 heteroatoms. The van der Waals surface area contributed by atoms with E-state index in [2.05, 4.69) is 0 Å². The highest BCUT2D eigenvalue weighted by atomic mass is 32.1. The van der Waals surface area contributed by atoms with Gasteiger partial charge < -0.3 is 10.0 Å². The highest BCUT2D eigenvalue weighted by molar-refractivity contribution is 7.17. The van der Waals surface area contributed by atoms with E-state index in [1.807, 2.05) is 0 Å². The average Bonchev–Trinajstić information content (AvgIpc) is 2.77. The molecule has 0 spiro atoms. The van der Waals surface area contributed by atoms with Crippen LogP contribution in [-0.2, 0) is 0 Å². The topological polar surface area (TPSA) is 83.7 Å². The highest BCUT2D eigenvalue weighted by Gasteiger charge is 2.30. The number of carbonyl (C=O) groups is 1. The Balaban J connectivity index is 2.05. The number of nitro groups is 1. The van der Waals surface area contributed by atoms with E-state index < -0.39 is 10.5 Å². The van der Waals surface area contributed by atoms with Crippen LogP contribution >= 0.6 is 11.3 Å². The zero-order valence-electron chi connectivity index (χ0n) is 9.96. The normalized spacial score (nSPS) is 18.7. The molecule has 1 amide bonds. The molecular formula is C11H14N2O4S. The second-order valence-corrected chi connectivity index (χ2v) is 5.75. The van der Waals surface area contributed by atoms with Crippen LogP contribution in [0.3, 0.4) is 0 Å². The molecule has 0 aliphatic carbocycles. The third kappa shape index (κ3) is 2.68.